The third kappa shape index (κ3) is 2.75. The van der Waals surface area contributed by atoms with Gasteiger partial charge in [0.15, 0.2) is 11.9 Å². The fourth-order valence-electron chi connectivity index (χ4n) is 1.65. The first-order valence-corrected chi connectivity index (χ1v) is 7.27. The molecule has 1 aromatic carbocycles. The van der Waals surface area contributed by atoms with Crippen LogP contribution in [0.25, 0.3) is 0 Å². The average molecular weight is 429 g/mol. The van der Waals surface area contributed by atoms with Crippen molar-refractivity contribution in [2.45, 2.75) is 18.6 Å². The van der Waals surface area contributed by atoms with Gasteiger partial charge in [-0.05, 0) is 44.0 Å². The lowest BCUT2D eigenvalue weighted by molar-refractivity contribution is -0.151. The minimum atomic E-state index is -0.447. The minimum absolute atomic E-state index is 0.0851. The molecule has 92 valence electrons. The van der Waals surface area contributed by atoms with E-state index in [2.05, 4.69) is 47.8 Å². The topological polar surface area (TPSA) is 35.5 Å². The molecule has 0 amide bonds. The largest absolute Gasteiger partial charge is 0.484 e. The molecule has 1 saturated carbocycles. The smallest absolute Gasteiger partial charge is 0.169 e. The van der Waals surface area contributed by atoms with E-state index >= 15 is 0 Å². The molecule has 1 fully saturated rings. The quantitative estimate of drug-likeness (QED) is 0.736. The SMILES string of the molecule is COC1C(=O)CC1Oc1c(Br)cc(Br)cc1Br. The summed E-state index contributed by atoms with van der Waals surface area (Å²) in [5.74, 6) is 0.773. The van der Waals surface area contributed by atoms with Crippen molar-refractivity contribution in [3.05, 3.63) is 25.6 Å². The maximum absolute atomic E-state index is 11.3. The molecule has 1 aromatic rings. The number of methoxy groups -OCH3 is 1. The van der Waals surface area contributed by atoms with E-state index in [0.29, 0.717) is 12.2 Å². The number of Topliss-reactive ketones (excluding diaryl/α,β-unsaturated/α-hetero) is 1. The Labute approximate surface area is 124 Å². The predicted molar refractivity (Wildman–Crippen MR) is 74.4 cm³/mol. The molecule has 0 bridgehead atoms. The van der Waals surface area contributed by atoms with Crippen molar-refractivity contribution in [1.82, 2.24) is 0 Å². The first-order chi connectivity index (χ1) is 8.02. The van der Waals surface area contributed by atoms with Crippen LogP contribution in [-0.2, 0) is 9.53 Å². The molecule has 0 N–H and O–H groups in total. The van der Waals surface area contributed by atoms with Gasteiger partial charge in [0.1, 0.15) is 11.9 Å². The molecule has 0 saturated heterocycles. The van der Waals surface area contributed by atoms with Crippen LogP contribution in [0.1, 0.15) is 6.42 Å². The van der Waals surface area contributed by atoms with E-state index in [0.717, 1.165) is 13.4 Å². The van der Waals surface area contributed by atoms with Crippen LogP contribution in [0.15, 0.2) is 25.6 Å². The normalized spacial score (nSPS) is 23.4. The molecular weight excluding hydrogens is 420 g/mol. The van der Waals surface area contributed by atoms with Gasteiger partial charge in [0.2, 0.25) is 0 Å². The van der Waals surface area contributed by atoms with Gasteiger partial charge in [-0.2, -0.15) is 0 Å². The molecule has 1 aliphatic carbocycles. The fourth-order valence-corrected chi connectivity index (χ4v) is 4.09. The minimum Gasteiger partial charge on any atom is -0.484 e. The van der Waals surface area contributed by atoms with Gasteiger partial charge in [-0.15, -0.1) is 0 Å². The Kier molecular flexibility index (Phi) is 4.28. The Morgan fingerprint density at radius 3 is 2.29 bits per heavy atom. The molecule has 6 heteroatoms. The monoisotopic (exact) mass is 426 g/mol. The summed E-state index contributed by atoms with van der Waals surface area (Å²) in [5, 5.41) is 0. The number of ketones is 1. The number of hydrogen-bond acceptors (Lipinski definition) is 3. The molecule has 2 unspecified atom stereocenters. The number of carbonyl (C=O) groups excluding carboxylic acids is 1. The Bertz CT molecular complexity index is 438. The lowest BCUT2D eigenvalue weighted by Gasteiger charge is -2.34. The van der Waals surface area contributed by atoms with Crippen LogP contribution in [0.5, 0.6) is 5.75 Å². The van der Waals surface area contributed by atoms with Crippen LogP contribution in [0.3, 0.4) is 0 Å². The van der Waals surface area contributed by atoms with E-state index in [1.807, 2.05) is 12.1 Å². The number of hydrogen-bond donors (Lipinski definition) is 0. The molecule has 0 spiro atoms. The summed E-state index contributed by atoms with van der Waals surface area (Å²) in [5.41, 5.74) is 0. The second-order valence-electron chi connectivity index (χ2n) is 3.68. The van der Waals surface area contributed by atoms with Crippen LogP contribution < -0.4 is 4.74 Å². The average Bonchev–Trinajstić information content (AvgIpc) is 2.21. The molecule has 0 radical (unpaired) electrons. The zero-order chi connectivity index (χ0) is 12.6. The molecule has 0 heterocycles. The van der Waals surface area contributed by atoms with E-state index in [4.69, 9.17) is 9.47 Å². The second-order valence-corrected chi connectivity index (χ2v) is 6.31. The first-order valence-electron chi connectivity index (χ1n) is 4.89. The van der Waals surface area contributed by atoms with Crippen molar-refractivity contribution < 1.29 is 14.3 Å². The molecule has 17 heavy (non-hydrogen) atoms. The third-order valence-electron chi connectivity index (χ3n) is 2.54. The summed E-state index contributed by atoms with van der Waals surface area (Å²) < 4.78 is 13.4. The van der Waals surface area contributed by atoms with Gasteiger partial charge < -0.3 is 9.47 Å². The molecule has 0 aliphatic heterocycles. The molecule has 2 atom stereocenters. The highest BCUT2D eigenvalue weighted by atomic mass is 79.9. The van der Waals surface area contributed by atoms with Gasteiger partial charge >= 0.3 is 0 Å². The van der Waals surface area contributed by atoms with E-state index in [9.17, 15) is 4.79 Å². The highest BCUT2D eigenvalue weighted by Crippen LogP contribution is 2.39. The molecule has 0 aromatic heterocycles. The molecular formula is C11H9Br3O3. The predicted octanol–water partition coefficient (Wildman–Crippen LogP) is 3.71. The number of ether oxygens (including phenoxy) is 2. The summed E-state index contributed by atoms with van der Waals surface area (Å²) in [6, 6.07) is 3.78. The lowest BCUT2D eigenvalue weighted by Crippen LogP contribution is -2.51. The van der Waals surface area contributed by atoms with Crippen LogP contribution in [0, 0.1) is 0 Å². The van der Waals surface area contributed by atoms with Gasteiger partial charge in [-0.3, -0.25) is 4.79 Å². The van der Waals surface area contributed by atoms with E-state index in [-0.39, 0.29) is 11.9 Å². The van der Waals surface area contributed by atoms with Gasteiger partial charge in [-0.25, -0.2) is 0 Å². The first kappa shape index (κ1) is 13.5. The van der Waals surface area contributed by atoms with E-state index < -0.39 is 6.10 Å². The van der Waals surface area contributed by atoms with Gasteiger partial charge in [0.25, 0.3) is 0 Å². The Hall–Kier alpha value is 0.0900. The van der Waals surface area contributed by atoms with Crippen LogP contribution in [-0.4, -0.2) is 25.1 Å². The van der Waals surface area contributed by atoms with Crippen molar-refractivity contribution in [3.8, 4) is 5.75 Å². The third-order valence-corrected chi connectivity index (χ3v) is 4.18. The van der Waals surface area contributed by atoms with Crippen LogP contribution in [0.4, 0.5) is 0 Å². The summed E-state index contributed by atoms with van der Waals surface area (Å²) in [4.78, 5) is 11.3. The van der Waals surface area contributed by atoms with Crippen molar-refractivity contribution in [1.29, 1.82) is 0 Å². The molecule has 3 nitrogen and oxygen atoms in total. The van der Waals surface area contributed by atoms with Crippen molar-refractivity contribution in [2.75, 3.05) is 7.11 Å². The summed E-state index contributed by atoms with van der Waals surface area (Å²) in [7, 11) is 1.52. The Morgan fingerprint density at radius 1 is 1.24 bits per heavy atom. The van der Waals surface area contributed by atoms with Crippen LogP contribution >= 0.6 is 47.8 Å². The number of halogens is 3. The van der Waals surface area contributed by atoms with Crippen molar-refractivity contribution in [3.63, 3.8) is 0 Å². The van der Waals surface area contributed by atoms with Gasteiger partial charge in [-0.1, -0.05) is 15.9 Å². The number of rotatable bonds is 3. The van der Waals surface area contributed by atoms with Crippen LogP contribution in [0.2, 0.25) is 0 Å². The molecule has 2 rings (SSSR count). The Morgan fingerprint density at radius 2 is 1.82 bits per heavy atom. The maximum Gasteiger partial charge on any atom is 0.169 e. The zero-order valence-corrected chi connectivity index (χ0v) is 13.6. The number of carbonyl (C=O) groups is 1. The standard InChI is InChI=1S/C11H9Br3O3/c1-16-11-8(15)4-9(11)17-10-6(13)2-5(12)3-7(10)14/h2-3,9,11H,4H2,1H3. The van der Waals surface area contributed by atoms with Gasteiger partial charge in [0, 0.05) is 18.0 Å². The maximum atomic E-state index is 11.3. The second kappa shape index (κ2) is 5.38. The molecule has 1 aliphatic rings. The lowest BCUT2D eigenvalue weighted by atomic mass is 9.90. The van der Waals surface area contributed by atoms with E-state index in [1.54, 1.807) is 0 Å². The number of benzene rings is 1. The van der Waals surface area contributed by atoms with E-state index in [1.165, 1.54) is 7.11 Å². The zero-order valence-electron chi connectivity index (χ0n) is 8.88. The highest BCUT2D eigenvalue weighted by molar-refractivity contribution is 9.11. The highest BCUT2D eigenvalue weighted by Gasteiger charge is 2.42. The fraction of sp³-hybridized carbons (Fsp3) is 0.364. The Balaban J connectivity index is 2.17. The summed E-state index contributed by atoms with van der Waals surface area (Å²) >= 11 is 10.2. The van der Waals surface area contributed by atoms with Crippen molar-refractivity contribution in [2.24, 2.45) is 0 Å². The van der Waals surface area contributed by atoms with Crippen molar-refractivity contribution >= 4 is 53.6 Å². The van der Waals surface area contributed by atoms with Gasteiger partial charge in [0.05, 0.1) is 8.95 Å². The summed E-state index contributed by atoms with van der Waals surface area (Å²) in [6.07, 6.45) is -0.258. The summed E-state index contributed by atoms with van der Waals surface area (Å²) in [6.45, 7) is 0.